The van der Waals surface area contributed by atoms with Crippen molar-refractivity contribution in [3.8, 4) is 11.5 Å². The van der Waals surface area contributed by atoms with E-state index in [-0.39, 0.29) is 6.04 Å². The van der Waals surface area contributed by atoms with E-state index in [0.717, 1.165) is 0 Å². The molecule has 1 atom stereocenters. The minimum atomic E-state index is -0.159. The average Bonchev–Trinajstić information content (AvgIpc) is 2.68. The van der Waals surface area contributed by atoms with Crippen LogP contribution in [0.1, 0.15) is 18.8 Å². The summed E-state index contributed by atoms with van der Waals surface area (Å²) >= 11 is 0. The molecule has 0 saturated carbocycles. The smallest absolute Gasteiger partial charge is 0.201 e. The number of H-pyrrole nitrogens is 1. The van der Waals surface area contributed by atoms with Gasteiger partial charge in [0.2, 0.25) is 5.82 Å². The first-order valence-electron chi connectivity index (χ1n) is 4.21. The lowest BCUT2D eigenvalue weighted by Gasteiger charge is -1.95. The normalized spacial score (nSPS) is 12.7. The molecule has 0 aliphatic carbocycles. The molecule has 0 aliphatic rings. The van der Waals surface area contributed by atoms with Gasteiger partial charge in [0.05, 0.1) is 12.2 Å². The van der Waals surface area contributed by atoms with Gasteiger partial charge in [-0.05, 0) is 6.92 Å². The summed E-state index contributed by atoms with van der Waals surface area (Å²) in [6.45, 7) is 1.83. The molecule has 0 fully saturated rings. The highest BCUT2D eigenvalue weighted by molar-refractivity contribution is 5.45. The van der Waals surface area contributed by atoms with Gasteiger partial charge in [-0.1, -0.05) is 0 Å². The quantitative estimate of drug-likeness (QED) is 0.709. The lowest BCUT2D eigenvalue weighted by molar-refractivity contribution is 0.745. The largest absolute Gasteiger partial charge is 0.322 e. The molecule has 2 aromatic heterocycles. The maximum atomic E-state index is 5.64. The van der Waals surface area contributed by atoms with Crippen LogP contribution in [0, 0.1) is 0 Å². The Morgan fingerprint density at radius 1 is 1.43 bits per heavy atom. The zero-order valence-electron chi connectivity index (χ0n) is 7.68. The van der Waals surface area contributed by atoms with Gasteiger partial charge in [-0.15, -0.1) is 0 Å². The van der Waals surface area contributed by atoms with Crippen LogP contribution in [-0.2, 0) is 0 Å². The number of hydrogen-bond acceptors (Lipinski definition) is 5. The lowest BCUT2D eigenvalue weighted by atomic mass is 10.3. The van der Waals surface area contributed by atoms with Crippen LogP contribution in [0.15, 0.2) is 18.6 Å². The lowest BCUT2D eigenvalue weighted by Crippen LogP contribution is -2.06. The molecule has 2 aromatic rings. The predicted octanol–water partition coefficient (Wildman–Crippen LogP) is 0.281. The summed E-state index contributed by atoms with van der Waals surface area (Å²) in [5.41, 5.74) is 6.27. The van der Waals surface area contributed by atoms with Crippen molar-refractivity contribution in [2.24, 2.45) is 5.73 Å². The summed E-state index contributed by atoms with van der Waals surface area (Å²) in [5.74, 6) is 1.16. The molecule has 0 aromatic carbocycles. The van der Waals surface area contributed by atoms with E-state index in [9.17, 15) is 0 Å². The molecule has 0 bridgehead atoms. The van der Waals surface area contributed by atoms with Gasteiger partial charge in [-0.25, -0.2) is 9.97 Å². The number of aromatic amines is 1. The Kier molecular flexibility index (Phi) is 2.19. The van der Waals surface area contributed by atoms with Crippen molar-refractivity contribution in [2.45, 2.75) is 13.0 Å². The number of rotatable bonds is 2. The first kappa shape index (κ1) is 8.76. The van der Waals surface area contributed by atoms with E-state index < -0.39 is 0 Å². The maximum absolute atomic E-state index is 5.64. The van der Waals surface area contributed by atoms with Crippen molar-refractivity contribution in [1.82, 2.24) is 25.1 Å². The van der Waals surface area contributed by atoms with Crippen LogP contribution in [0.4, 0.5) is 0 Å². The van der Waals surface area contributed by atoms with Crippen molar-refractivity contribution in [3.05, 3.63) is 24.4 Å². The Morgan fingerprint density at radius 2 is 2.29 bits per heavy atom. The van der Waals surface area contributed by atoms with Crippen LogP contribution < -0.4 is 5.73 Å². The molecular formula is C8H10N6. The number of nitrogens with one attached hydrogen (secondary N) is 1. The summed E-state index contributed by atoms with van der Waals surface area (Å²) in [4.78, 5) is 12.2. The van der Waals surface area contributed by atoms with E-state index in [1.54, 1.807) is 18.6 Å². The Bertz CT molecular complexity index is 407. The highest BCUT2D eigenvalue weighted by Crippen LogP contribution is 2.11. The van der Waals surface area contributed by atoms with E-state index in [4.69, 9.17) is 5.73 Å². The second-order valence-electron chi connectivity index (χ2n) is 2.92. The van der Waals surface area contributed by atoms with E-state index in [1.165, 1.54) is 0 Å². The summed E-state index contributed by atoms with van der Waals surface area (Å²) in [7, 11) is 0. The van der Waals surface area contributed by atoms with Crippen LogP contribution in [0.3, 0.4) is 0 Å². The molecule has 0 aliphatic heterocycles. The van der Waals surface area contributed by atoms with Crippen LogP contribution in [0.25, 0.3) is 11.5 Å². The Labute approximate surface area is 80.6 Å². The fourth-order valence-corrected chi connectivity index (χ4v) is 1.01. The maximum Gasteiger partial charge on any atom is 0.201 e. The molecule has 0 saturated heterocycles. The van der Waals surface area contributed by atoms with E-state index in [0.29, 0.717) is 17.3 Å². The molecule has 6 nitrogen and oxygen atoms in total. The van der Waals surface area contributed by atoms with E-state index >= 15 is 0 Å². The van der Waals surface area contributed by atoms with Gasteiger partial charge in [0.25, 0.3) is 0 Å². The average molecular weight is 190 g/mol. The van der Waals surface area contributed by atoms with Crippen molar-refractivity contribution in [3.63, 3.8) is 0 Å². The monoisotopic (exact) mass is 190 g/mol. The summed E-state index contributed by atoms with van der Waals surface area (Å²) in [5, 5.41) is 6.74. The number of aromatic nitrogens is 5. The van der Waals surface area contributed by atoms with Gasteiger partial charge >= 0.3 is 0 Å². The Hall–Kier alpha value is -1.82. The van der Waals surface area contributed by atoms with Crippen molar-refractivity contribution < 1.29 is 0 Å². The predicted molar refractivity (Wildman–Crippen MR) is 50.0 cm³/mol. The van der Waals surface area contributed by atoms with Gasteiger partial charge in [0, 0.05) is 12.4 Å². The number of nitrogens with two attached hydrogens (primary N) is 1. The van der Waals surface area contributed by atoms with Gasteiger partial charge < -0.3 is 5.73 Å². The molecule has 3 N–H and O–H groups in total. The van der Waals surface area contributed by atoms with Crippen LogP contribution in [0.5, 0.6) is 0 Å². The molecule has 2 rings (SSSR count). The molecule has 0 radical (unpaired) electrons. The van der Waals surface area contributed by atoms with Crippen LogP contribution >= 0.6 is 0 Å². The SMILES string of the molecule is C[C@@H](N)c1nc(-c2cnccn2)n[nH]1. The molecule has 72 valence electrons. The van der Waals surface area contributed by atoms with Gasteiger partial charge in [-0.3, -0.25) is 10.1 Å². The van der Waals surface area contributed by atoms with Crippen molar-refractivity contribution >= 4 is 0 Å². The highest BCUT2D eigenvalue weighted by atomic mass is 15.2. The van der Waals surface area contributed by atoms with E-state index in [1.807, 2.05) is 6.92 Å². The standard InChI is InChI=1S/C8H10N6/c1-5(9)7-12-8(14-13-7)6-4-10-2-3-11-6/h2-5H,9H2,1H3,(H,12,13,14)/t5-/m1/s1. The Morgan fingerprint density at radius 3 is 2.86 bits per heavy atom. The summed E-state index contributed by atoms with van der Waals surface area (Å²) in [6.07, 6.45) is 4.80. The fourth-order valence-electron chi connectivity index (χ4n) is 1.01. The molecular weight excluding hydrogens is 180 g/mol. The first-order chi connectivity index (χ1) is 6.77. The van der Waals surface area contributed by atoms with E-state index in [2.05, 4.69) is 25.1 Å². The third-order valence-corrected chi connectivity index (χ3v) is 1.73. The molecule has 0 unspecified atom stereocenters. The number of nitrogens with zero attached hydrogens (tertiary/aromatic N) is 4. The summed E-state index contributed by atoms with van der Waals surface area (Å²) in [6, 6.07) is -0.159. The van der Waals surface area contributed by atoms with Gasteiger partial charge in [0.15, 0.2) is 0 Å². The van der Waals surface area contributed by atoms with Gasteiger partial charge in [0.1, 0.15) is 11.5 Å². The zero-order chi connectivity index (χ0) is 9.97. The molecule has 14 heavy (non-hydrogen) atoms. The van der Waals surface area contributed by atoms with Crippen LogP contribution in [0.2, 0.25) is 0 Å². The fraction of sp³-hybridized carbons (Fsp3) is 0.250. The van der Waals surface area contributed by atoms with Gasteiger partial charge in [-0.2, -0.15) is 5.10 Å². The molecule has 6 heteroatoms. The molecule has 2 heterocycles. The van der Waals surface area contributed by atoms with Crippen LogP contribution in [-0.4, -0.2) is 25.1 Å². The first-order valence-corrected chi connectivity index (χ1v) is 4.21. The zero-order valence-corrected chi connectivity index (χ0v) is 7.68. The van der Waals surface area contributed by atoms with Crippen molar-refractivity contribution in [2.75, 3.05) is 0 Å². The summed E-state index contributed by atoms with van der Waals surface area (Å²) < 4.78 is 0. The third kappa shape index (κ3) is 1.60. The minimum Gasteiger partial charge on any atom is -0.322 e. The highest BCUT2D eigenvalue weighted by Gasteiger charge is 2.09. The second-order valence-corrected chi connectivity index (χ2v) is 2.92. The topological polar surface area (TPSA) is 93.4 Å². The Balaban J connectivity index is 2.34. The van der Waals surface area contributed by atoms with Crippen molar-refractivity contribution in [1.29, 1.82) is 0 Å². The molecule has 0 spiro atoms. The second kappa shape index (κ2) is 3.51. The number of hydrogen-bond donors (Lipinski definition) is 2. The molecule has 0 amide bonds. The minimum absolute atomic E-state index is 0.159. The third-order valence-electron chi connectivity index (χ3n) is 1.73.